The molecule has 0 saturated carbocycles. The molecule has 1 unspecified atom stereocenters. The lowest BCUT2D eigenvalue weighted by atomic mass is 10.00. The molecular formula is C22H25FN6S. The van der Waals surface area contributed by atoms with E-state index in [-0.39, 0.29) is 5.82 Å². The molecule has 1 aliphatic heterocycles. The summed E-state index contributed by atoms with van der Waals surface area (Å²) in [5, 5.41) is 9.00. The molecule has 1 aliphatic rings. The third-order valence-electron chi connectivity index (χ3n) is 5.91. The van der Waals surface area contributed by atoms with Crippen LogP contribution in [0.1, 0.15) is 31.0 Å². The Labute approximate surface area is 178 Å². The van der Waals surface area contributed by atoms with E-state index in [0.717, 1.165) is 57.4 Å². The Morgan fingerprint density at radius 1 is 1.23 bits per heavy atom. The predicted molar refractivity (Wildman–Crippen MR) is 120 cm³/mol. The maximum atomic E-state index is 15.0. The fraction of sp³-hybridized carbons (Fsp3) is 0.409. The second-order valence-electron chi connectivity index (χ2n) is 8.31. The quantitative estimate of drug-likeness (QED) is 0.530. The van der Waals surface area contributed by atoms with Crippen molar-refractivity contribution >= 4 is 32.3 Å². The second kappa shape index (κ2) is 7.28. The van der Waals surface area contributed by atoms with Gasteiger partial charge in [-0.1, -0.05) is 11.3 Å². The third-order valence-corrected chi connectivity index (χ3v) is 7.00. The number of rotatable bonds is 3. The number of aromatic nitrogens is 4. The van der Waals surface area contributed by atoms with Gasteiger partial charge in [0.05, 0.1) is 22.3 Å². The zero-order chi connectivity index (χ0) is 21.0. The van der Waals surface area contributed by atoms with Crippen molar-refractivity contribution < 1.29 is 4.39 Å². The van der Waals surface area contributed by atoms with Crippen molar-refractivity contribution in [3.63, 3.8) is 0 Å². The van der Waals surface area contributed by atoms with Gasteiger partial charge in [0.2, 0.25) is 0 Å². The van der Waals surface area contributed by atoms with Gasteiger partial charge in [0.15, 0.2) is 16.6 Å². The number of piperidine rings is 1. The first-order chi connectivity index (χ1) is 14.4. The van der Waals surface area contributed by atoms with E-state index in [1.54, 1.807) is 15.9 Å². The molecule has 1 aromatic carbocycles. The van der Waals surface area contributed by atoms with Crippen LogP contribution in [0, 0.1) is 19.7 Å². The number of anilines is 1. The first-order valence-electron chi connectivity index (χ1n) is 10.3. The molecular weight excluding hydrogens is 399 g/mol. The minimum atomic E-state index is -0.307. The van der Waals surface area contributed by atoms with Crippen LogP contribution in [0.3, 0.4) is 0 Å². The van der Waals surface area contributed by atoms with E-state index in [0.29, 0.717) is 17.6 Å². The Morgan fingerprint density at radius 3 is 2.87 bits per heavy atom. The summed E-state index contributed by atoms with van der Waals surface area (Å²) >= 11 is 1.54. The molecule has 1 saturated heterocycles. The summed E-state index contributed by atoms with van der Waals surface area (Å²) in [6, 6.07) is 6.40. The van der Waals surface area contributed by atoms with E-state index in [9.17, 15) is 0 Å². The van der Waals surface area contributed by atoms with Crippen LogP contribution in [0.2, 0.25) is 0 Å². The fourth-order valence-electron chi connectivity index (χ4n) is 4.28. The van der Waals surface area contributed by atoms with Crippen molar-refractivity contribution in [2.24, 2.45) is 0 Å². The SMILES string of the molecule is Cc1cn2nc(-c3cc(F)c4nc(N(C)C5CCN[C@@H](C)C5)sc4c3)cc(C)c2n1. The summed E-state index contributed by atoms with van der Waals surface area (Å²) in [7, 11) is 2.07. The molecule has 8 heteroatoms. The van der Waals surface area contributed by atoms with Gasteiger partial charge in [-0.2, -0.15) is 5.10 Å². The molecule has 0 aliphatic carbocycles. The number of hydrogen-bond acceptors (Lipinski definition) is 6. The minimum Gasteiger partial charge on any atom is -0.348 e. The lowest BCUT2D eigenvalue weighted by Crippen LogP contribution is -2.45. The van der Waals surface area contributed by atoms with Gasteiger partial charge in [0.25, 0.3) is 0 Å². The molecule has 156 valence electrons. The van der Waals surface area contributed by atoms with E-state index in [1.807, 2.05) is 32.2 Å². The summed E-state index contributed by atoms with van der Waals surface area (Å²) in [4.78, 5) is 11.3. The van der Waals surface area contributed by atoms with Crippen molar-refractivity contribution in [2.45, 2.75) is 45.7 Å². The van der Waals surface area contributed by atoms with Gasteiger partial charge in [-0.15, -0.1) is 0 Å². The van der Waals surface area contributed by atoms with E-state index in [4.69, 9.17) is 0 Å². The van der Waals surface area contributed by atoms with Crippen LogP contribution in [0.15, 0.2) is 24.4 Å². The number of thiazole rings is 1. The monoisotopic (exact) mass is 424 g/mol. The highest BCUT2D eigenvalue weighted by atomic mass is 32.1. The van der Waals surface area contributed by atoms with Gasteiger partial charge in [-0.05, 0) is 63.9 Å². The molecule has 0 radical (unpaired) electrons. The van der Waals surface area contributed by atoms with Crippen molar-refractivity contribution in [3.8, 4) is 11.3 Å². The Bertz CT molecular complexity index is 1250. The lowest BCUT2D eigenvalue weighted by Gasteiger charge is -2.34. The van der Waals surface area contributed by atoms with Crippen LogP contribution in [0.25, 0.3) is 27.1 Å². The molecule has 2 atom stereocenters. The highest BCUT2D eigenvalue weighted by Gasteiger charge is 2.24. The molecule has 3 aromatic heterocycles. The van der Waals surface area contributed by atoms with Crippen LogP contribution in [-0.2, 0) is 0 Å². The number of nitrogens with one attached hydrogen (secondary N) is 1. The first-order valence-corrected chi connectivity index (χ1v) is 11.1. The smallest absolute Gasteiger partial charge is 0.186 e. The number of nitrogens with zero attached hydrogens (tertiary/aromatic N) is 5. The van der Waals surface area contributed by atoms with E-state index < -0.39 is 0 Å². The summed E-state index contributed by atoms with van der Waals surface area (Å²) in [6.07, 6.45) is 4.02. The molecule has 5 rings (SSSR count). The molecule has 0 amide bonds. The van der Waals surface area contributed by atoms with Crippen LogP contribution in [0.5, 0.6) is 0 Å². The number of aryl methyl sites for hydroxylation is 2. The van der Waals surface area contributed by atoms with Gasteiger partial charge < -0.3 is 10.2 Å². The number of benzene rings is 1. The summed E-state index contributed by atoms with van der Waals surface area (Å²) in [6.45, 7) is 7.15. The van der Waals surface area contributed by atoms with E-state index >= 15 is 4.39 Å². The van der Waals surface area contributed by atoms with Crippen LogP contribution >= 0.6 is 11.3 Å². The Balaban J connectivity index is 1.54. The minimum absolute atomic E-state index is 0.307. The summed E-state index contributed by atoms with van der Waals surface area (Å²) in [5.74, 6) is -0.307. The van der Waals surface area contributed by atoms with Gasteiger partial charge in [0.1, 0.15) is 5.52 Å². The predicted octanol–water partition coefficient (Wildman–Crippen LogP) is 4.34. The molecule has 30 heavy (non-hydrogen) atoms. The van der Waals surface area contributed by atoms with Crippen LogP contribution in [-0.4, -0.2) is 45.3 Å². The van der Waals surface area contributed by atoms with Crippen LogP contribution < -0.4 is 10.2 Å². The normalized spacial score (nSPS) is 19.6. The number of halogens is 1. The Morgan fingerprint density at radius 2 is 2.07 bits per heavy atom. The number of hydrogen-bond donors (Lipinski definition) is 1. The van der Waals surface area contributed by atoms with Crippen molar-refractivity contribution in [1.82, 2.24) is 24.9 Å². The highest BCUT2D eigenvalue weighted by Crippen LogP contribution is 2.35. The van der Waals surface area contributed by atoms with E-state index in [1.165, 1.54) is 6.07 Å². The second-order valence-corrected chi connectivity index (χ2v) is 9.32. The third kappa shape index (κ3) is 3.33. The van der Waals surface area contributed by atoms with Gasteiger partial charge in [0, 0.05) is 24.7 Å². The van der Waals surface area contributed by atoms with Crippen molar-refractivity contribution in [1.29, 1.82) is 0 Å². The molecule has 6 nitrogen and oxygen atoms in total. The maximum Gasteiger partial charge on any atom is 0.186 e. The maximum absolute atomic E-state index is 15.0. The average molecular weight is 425 g/mol. The Hall–Kier alpha value is -2.58. The van der Waals surface area contributed by atoms with Crippen LogP contribution in [0.4, 0.5) is 9.52 Å². The van der Waals surface area contributed by atoms with Gasteiger partial charge in [-0.3, -0.25) is 0 Å². The van der Waals surface area contributed by atoms with Gasteiger partial charge in [-0.25, -0.2) is 18.9 Å². The molecule has 4 aromatic rings. The van der Waals surface area contributed by atoms with E-state index in [2.05, 4.69) is 39.3 Å². The number of imidazole rings is 1. The van der Waals surface area contributed by atoms with Crippen molar-refractivity contribution in [2.75, 3.05) is 18.5 Å². The number of fused-ring (bicyclic) bond motifs is 2. The first kappa shape index (κ1) is 19.4. The van der Waals surface area contributed by atoms with Crippen molar-refractivity contribution in [3.05, 3.63) is 41.5 Å². The Kier molecular flexibility index (Phi) is 4.71. The molecule has 1 fully saturated rings. The fourth-order valence-corrected chi connectivity index (χ4v) is 5.33. The van der Waals surface area contributed by atoms with Gasteiger partial charge >= 0.3 is 0 Å². The largest absolute Gasteiger partial charge is 0.348 e. The average Bonchev–Trinajstić information content (AvgIpc) is 3.31. The summed E-state index contributed by atoms with van der Waals surface area (Å²) in [5.41, 5.74) is 4.67. The molecule has 1 N–H and O–H groups in total. The molecule has 4 heterocycles. The summed E-state index contributed by atoms with van der Waals surface area (Å²) < 4.78 is 17.6. The highest BCUT2D eigenvalue weighted by molar-refractivity contribution is 7.22. The molecule has 0 bridgehead atoms. The standard InChI is InChI=1S/C22H25FN6S/c1-12-7-18(27-29-11-14(3)25-21(12)29)15-9-17(23)20-19(10-15)30-22(26-20)28(4)16-5-6-24-13(2)8-16/h7,9-11,13,16,24H,5-6,8H2,1-4H3/t13-,16?/m0/s1. The zero-order valence-electron chi connectivity index (χ0n) is 17.6. The molecule has 0 spiro atoms. The zero-order valence-corrected chi connectivity index (χ0v) is 18.4. The topological polar surface area (TPSA) is 58.4 Å². The lowest BCUT2D eigenvalue weighted by molar-refractivity contribution is 0.371.